The van der Waals surface area contributed by atoms with Crippen LogP contribution in [0.15, 0.2) is 22.4 Å². The van der Waals surface area contributed by atoms with Gasteiger partial charge in [-0.15, -0.1) is 11.3 Å². The van der Waals surface area contributed by atoms with Gasteiger partial charge in [-0.05, 0) is 42.1 Å². The second kappa shape index (κ2) is 7.40. The van der Waals surface area contributed by atoms with Crippen molar-refractivity contribution < 1.29 is 24.3 Å². The maximum absolute atomic E-state index is 12.4. The van der Waals surface area contributed by atoms with E-state index in [1.807, 2.05) is 17.5 Å². The maximum Gasteiger partial charge on any atom is 0.306 e. The molecule has 25 heavy (non-hydrogen) atoms. The number of thiophene rings is 1. The third kappa shape index (κ3) is 3.93. The second-order valence-electron chi connectivity index (χ2n) is 5.78. The highest BCUT2D eigenvalue weighted by atomic mass is 32.2. The van der Waals surface area contributed by atoms with Crippen molar-refractivity contribution >= 4 is 52.2 Å². The van der Waals surface area contributed by atoms with Crippen LogP contribution in [0.4, 0.5) is 4.79 Å². The van der Waals surface area contributed by atoms with Gasteiger partial charge in [-0.25, -0.2) is 0 Å². The standard InChI is InChI=1S/C16H16N2O5S2/c19-13(17-5-3-10(4-6-17)15(21)22)9-18-14(20)12(25-16(18)23)8-11-2-1-7-24-11/h1-2,7-8,10H,3-6,9H2,(H,21,22). The number of carbonyl (C=O) groups excluding carboxylic acids is 3. The van der Waals surface area contributed by atoms with Gasteiger partial charge in [-0.3, -0.25) is 24.1 Å². The van der Waals surface area contributed by atoms with Crippen molar-refractivity contribution in [2.24, 2.45) is 5.92 Å². The lowest BCUT2D eigenvalue weighted by Crippen LogP contribution is -2.46. The second-order valence-corrected chi connectivity index (χ2v) is 7.75. The van der Waals surface area contributed by atoms with Crippen LogP contribution in [0.5, 0.6) is 0 Å². The highest BCUT2D eigenvalue weighted by molar-refractivity contribution is 8.18. The van der Waals surface area contributed by atoms with E-state index in [4.69, 9.17) is 5.11 Å². The number of thioether (sulfide) groups is 1. The van der Waals surface area contributed by atoms with Crippen LogP contribution in [0, 0.1) is 5.92 Å². The van der Waals surface area contributed by atoms with E-state index in [9.17, 15) is 19.2 Å². The third-order valence-electron chi connectivity index (χ3n) is 4.18. The Kier molecular flexibility index (Phi) is 5.24. The normalized spacial score (nSPS) is 20.6. The van der Waals surface area contributed by atoms with Gasteiger partial charge in [-0.1, -0.05) is 6.07 Å². The van der Waals surface area contributed by atoms with Crippen LogP contribution in [-0.2, 0) is 14.4 Å². The van der Waals surface area contributed by atoms with Gasteiger partial charge in [0.2, 0.25) is 5.91 Å². The Balaban J connectivity index is 1.61. The summed E-state index contributed by atoms with van der Waals surface area (Å²) in [5.74, 6) is -2.08. The van der Waals surface area contributed by atoms with Crippen molar-refractivity contribution in [3.05, 3.63) is 27.3 Å². The molecular formula is C16H16N2O5S2. The van der Waals surface area contributed by atoms with Crippen LogP contribution >= 0.6 is 23.1 Å². The van der Waals surface area contributed by atoms with Gasteiger partial charge in [0.15, 0.2) is 0 Å². The predicted octanol–water partition coefficient (Wildman–Crippen LogP) is 2.11. The molecule has 0 atom stereocenters. The number of likely N-dealkylation sites (tertiary alicyclic amines) is 1. The quantitative estimate of drug-likeness (QED) is 0.804. The fourth-order valence-electron chi connectivity index (χ4n) is 2.75. The van der Waals surface area contributed by atoms with E-state index >= 15 is 0 Å². The molecule has 0 bridgehead atoms. The van der Waals surface area contributed by atoms with Crippen molar-refractivity contribution in [3.8, 4) is 0 Å². The number of nitrogens with zero attached hydrogens (tertiary/aromatic N) is 2. The molecule has 1 aromatic heterocycles. The molecule has 0 saturated carbocycles. The molecule has 0 aromatic carbocycles. The monoisotopic (exact) mass is 380 g/mol. The van der Waals surface area contributed by atoms with Crippen LogP contribution in [0.25, 0.3) is 6.08 Å². The fraction of sp³-hybridized carbons (Fsp3) is 0.375. The zero-order chi connectivity index (χ0) is 18.0. The van der Waals surface area contributed by atoms with Crippen LogP contribution in [0.1, 0.15) is 17.7 Å². The number of rotatable bonds is 4. The van der Waals surface area contributed by atoms with Crippen molar-refractivity contribution in [2.75, 3.05) is 19.6 Å². The summed E-state index contributed by atoms with van der Waals surface area (Å²) in [6, 6.07) is 3.70. The summed E-state index contributed by atoms with van der Waals surface area (Å²) in [4.78, 5) is 51.4. The summed E-state index contributed by atoms with van der Waals surface area (Å²) in [7, 11) is 0. The Morgan fingerprint density at radius 3 is 2.60 bits per heavy atom. The molecule has 2 fully saturated rings. The summed E-state index contributed by atoms with van der Waals surface area (Å²) in [6.07, 6.45) is 2.43. The molecule has 1 aromatic rings. The van der Waals surface area contributed by atoms with Gasteiger partial charge in [0.25, 0.3) is 11.1 Å². The first-order valence-corrected chi connectivity index (χ1v) is 9.45. The smallest absolute Gasteiger partial charge is 0.306 e. The van der Waals surface area contributed by atoms with Crippen LogP contribution in [-0.4, -0.2) is 57.6 Å². The Bertz CT molecular complexity index is 736. The molecule has 2 aliphatic heterocycles. The predicted molar refractivity (Wildman–Crippen MR) is 93.9 cm³/mol. The molecule has 3 rings (SSSR count). The Hall–Kier alpha value is -2.13. The Labute approximate surface area is 152 Å². The topological polar surface area (TPSA) is 95.0 Å². The van der Waals surface area contributed by atoms with E-state index in [0.717, 1.165) is 21.5 Å². The van der Waals surface area contributed by atoms with Crippen molar-refractivity contribution in [2.45, 2.75) is 12.8 Å². The number of carboxylic acid groups (broad SMARTS) is 1. The first-order chi connectivity index (χ1) is 12.0. The van der Waals surface area contributed by atoms with Crippen LogP contribution in [0.3, 0.4) is 0 Å². The highest BCUT2D eigenvalue weighted by Gasteiger charge is 2.37. The molecule has 3 heterocycles. The molecule has 9 heteroatoms. The molecule has 3 amide bonds. The van der Waals surface area contributed by atoms with Gasteiger partial charge in [-0.2, -0.15) is 0 Å². The van der Waals surface area contributed by atoms with E-state index in [2.05, 4.69) is 0 Å². The number of piperidine rings is 1. The minimum absolute atomic E-state index is 0.301. The molecule has 0 spiro atoms. The number of carboxylic acids is 1. The van der Waals surface area contributed by atoms with Crippen molar-refractivity contribution in [3.63, 3.8) is 0 Å². The third-order valence-corrected chi connectivity index (χ3v) is 5.91. The number of amides is 3. The maximum atomic E-state index is 12.4. The lowest BCUT2D eigenvalue weighted by atomic mass is 9.97. The molecule has 0 radical (unpaired) electrons. The highest BCUT2D eigenvalue weighted by Crippen LogP contribution is 2.33. The van der Waals surface area contributed by atoms with Crippen molar-refractivity contribution in [1.29, 1.82) is 0 Å². The largest absolute Gasteiger partial charge is 0.481 e. The van der Waals surface area contributed by atoms with Gasteiger partial charge in [0.1, 0.15) is 6.54 Å². The van der Waals surface area contributed by atoms with Crippen LogP contribution < -0.4 is 0 Å². The zero-order valence-electron chi connectivity index (χ0n) is 13.2. The molecule has 2 aliphatic rings. The van der Waals surface area contributed by atoms with E-state index < -0.39 is 23.0 Å². The van der Waals surface area contributed by atoms with E-state index in [1.165, 1.54) is 16.2 Å². The van der Waals surface area contributed by atoms with E-state index in [1.54, 1.807) is 6.08 Å². The minimum atomic E-state index is -0.850. The minimum Gasteiger partial charge on any atom is -0.481 e. The van der Waals surface area contributed by atoms with Gasteiger partial charge in [0, 0.05) is 18.0 Å². The zero-order valence-corrected chi connectivity index (χ0v) is 14.8. The molecule has 0 unspecified atom stereocenters. The Morgan fingerprint density at radius 1 is 1.28 bits per heavy atom. The molecule has 7 nitrogen and oxygen atoms in total. The Morgan fingerprint density at radius 2 is 2.00 bits per heavy atom. The SMILES string of the molecule is O=C(O)C1CCN(C(=O)CN2C(=O)SC(=Cc3cccs3)C2=O)CC1. The first-order valence-electron chi connectivity index (χ1n) is 7.75. The summed E-state index contributed by atoms with van der Waals surface area (Å²) in [5, 5.41) is 10.4. The summed E-state index contributed by atoms with van der Waals surface area (Å²) in [6.45, 7) is 0.359. The van der Waals surface area contributed by atoms with Gasteiger partial charge >= 0.3 is 5.97 Å². The average molecular weight is 380 g/mol. The lowest BCUT2D eigenvalue weighted by molar-refractivity contribution is -0.146. The van der Waals surface area contributed by atoms with Crippen LogP contribution in [0.2, 0.25) is 0 Å². The average Bonchev–Trinajstić information content (AvgIpc) is 3.19. The summed E-state index contributed by atoms with van der Waals surface area (Å²) in [5.41, 5.74) is 0. The van der Waals surface area contributed by atoms with Gasteiger partial charge in [0.05, 0.1) is 10.8 Å². The molecule has 2 saturated heterocycles. The number of aliphatic carboxylic acids is 1. The number of imide groups is 1. The lowest BCUT2D eigenvalue weighted by Gasteiger charge is -2.30. The first kappa shape index (κ1) is 17.7. The number of hydrogen-bond acceptors (Lipinski definition) is 6. The molecule has 1 N–H and O–H groups in total. The molecule has 132 valence electrons. The molecule has 0 aliphatic carbocycles. The summed E-state index contributed by atoms with van der Waals surface area (Å²) < 4.78 is 0. The van der Waals surface area contributed by atoms with E-state index in [0.29, 0.717) is 30.8 Å². The fourth-order valence-corrected chi connectivity index (χ4v) is 4.31. The number of carbonyl (C=O) groups is 4. The van der Waals surface area contributed by atoms with Gasteiger partial charge < -0.3 is 10.0 Å². The van der Waals surface area contributed by atoms with Crippen molar-refractivity contribution in [1.82, 2.24) is 9.80 Å². The molecular weight excluding hydrogens is 364 g/mol. The van der Waals surface area contributed by atoms with E-state index in [-0.39, 0.29) is 12.5 Å². The summed E-state index contributed by atoms with van der Waals surface area (Å²) >= 11 is 2.29. The number of hydrogen-bond donors (Lipinski definition) is 1.